The van der Waals surface area contributed by atoms with Gasteiger partial charge in [-0.05, 0) is 18.6 Å². The molecule has 5 aliphatic rings. The van der Waals surface area contributed by atoms with E-state index in [-0.39, 0.29) is 22.2 Å². The Kier molecular flexibility index (Phi) is 15.0. The van der Waals surface area contributed by atoms with Crippen molar-refractivity contribution >= 4 is 66.2 Å². The number of anilines is 2. The molecule has 1 unspecified atom stereocenters. The molecule has 0 aliphatic carbocycles. The molecule has 22 nitrogen and oxygen atoms in total. The first-order chi connectivity index (χ1) is 32.9. The number of fused-ring (bicyclic) bond motifs is 9. The molecule has 1 atom stereocenters. The lowest BCUT2D eigenvalue weighted by molar-refractivity contribution is 0.0978. The predicted octanol–water partition coefficient (Wildman–Crippen LogP) is 5.51. The van der Waals surface area contributed by atoms with Crippen molar-refractivity contribution in [2.75, 3.05) is 57.8 Å². The number of ketones is 3. The van der Waals surface area contributed by atoms with Gasteiger partial charge in [-0.2, -0.15) is 5.10 Å². The van der Waals surface area contributed by atoms with Crippen LogP contribution < -0.4 is 34.3 Å². The Labute approximate surface area is 406 Å². The first-order valence-electron chi connectivity index (χ1n) is 21.5. The normalized spacial score (nSPS) is 16.0. The van der Waals surface area contributed by atoms with Gasteiger partial charge in [-0.15, -0.1) is 43.1 Å². The number of hydrogen-bond acceptors (Lipinski definition) is 19. The zero-order valence-corrected chi connectivity index (χ0v) is 41.3. The van der Waals surface area contributed by atoms with E-state index in [0.29, 0.717) is 86.1 Å². The topological polar surface area (TPSA) is 247 Å². The Balaban J connectivity index is 0.000000115. The lowest BCUT2D eigenvalue weighted by Gasteiger charge is -2.00. The molecule has 0 radical (unpaired) electrons. The lowest BCUT2D eigenvalue weighted by Crippen LogP contribution is -2.13. The highest BCUT2D eigenvalue weighted by molar-refractivity contribution is 9.10. The van der Waals surface area contributed by atoms with E-state index in [2.05, 4.69) is 67.1 Å². The van der Waals surface area contributed by atoms with Crippen LogP contribution in [0.4, 0.5) is 10.3 Å². The summed E-state index contributed by atoms with van der Waals surface area (Å²) in [5.41, 5.74) is 5.68. The molecule has 25 heteroatoms. The van der Waals surface area contributed by atoms with E-state index in [0.717, 1.165) is 57.9 Å². The van der Waals surface area contributed by atoms with Gasteiger partial charge < -0.3 is 34.3 Å². The first-order valence-corrected chi connectivity index (χ1v) is 24.0. The first kappa shape index (κ1) is 47.6. The van der Waals surface area contributed by atoms with Gasteiger partial charge in [0.05, 0.1) is 65.5 Å². The Bertz CT molecular complexity index is 2940. The second-order valence-corrected chi connectivity index (χ2v) is 18.7. The number of rotatable bonds is 2. The summed E-state index contributed by atoms with van der Waals surface area (Å²) in [6, 6.07) is 0. The molecular weight excluding hydrogens is 985 g/mol. The minimum Gasteiger partial charge on any atom is -0.477 e. The molecule has 5 aliphatic heterocycles. The molecule has 3 N–H and O–H groups in total. The molecule has 7 aromatic rings. The molecule has 12 rings (SSSR count). The highest BCUT2D eigenvalue weighted by atomic mass is 79.9. The van der Waals surface area contributed by atoms with Gasteiger partial charge >= 0.3 is 0 Å². The molecule has 0 aromatic carbocycles. The largest absolute Gasteiger partial charge is 0.477 e. The molecule has 0 amide bonds. The van der Waals surface area contributed by atoms with Gasteiger partial charge in [-0.25, -0.2) is 15.1 Å². The number of halogens is 1. The number of allylic oxidation sites excluding steroid dienone is 1. The summed E-state index contributed by atoms with van der Waals surface area (Å²) in [4.78, 5) is 45.8. The lowest BCUT2D eigenvalue weighted by atomic mass is 10.1. The molecule has 358 valence electrons. The maximum Gasteiger partial charge on any atom is 0.244 e. The number of ether oxygens (including phenoxy) is 5. The molecule has 0 spiro atoms. The molecule has 0 fully saturated rings. The standard InChI is InChI=1S/C10H12N4OS.C9H10N4OS.C8H9BrN2O2.C8H10N2O2.C8H8N2O2/c1-11-10-12-8-6-5-14(2)13-9(6)15-4-3-7(8)16-10;1-10-9-12-7-5-4-11-13-8(5)14-3-2-6(7)15-9;1-11-4-5-7(12)6(9)2-3-13-8(5)10-11;2*1-10-5-6-7(11)3-2-4-12-8(6)9-10/h5H,3-4H2,1-2H3,(H,11,12);4H,2-3H2,1H3,(H,10,12)(H,11,13);4,6H,2-3H2,1H3;5H,2-4H2,1H3;2-3,5H,4H2,1H3. The third-order valence-corrected chi connectivity index (χ3v) is 13.5. The fourth-order valence-electron chi connectivity index (χ4n) is 7.17. The Hall–Kier alpha value is -6.86. The maximum absolute atomic E-state index is 11.7. The van der Waals surface area contributed by atoms with Gasteiger partial charge in [0.2, 0.25) is 29.4 Å². The summed E-state index contributed by atoms with van der Waals surface area (Å²) in [6.07, 6.45) is 15.8. The smallest absolute Gasteiger partial charge is 0.244 e. The van der Waals surface area contributed by atoms with Crippen molar-refractivity contribution < 1.29 is 38.1 Å². The van der Waals surface area contributed by atoms with E-state index >= 15 is 0 Å². The van der Waals surface area contributed by atoms with Crippen molar-refractivity contribution in [2.24, 2.45) is 28.2 Å². The van der Waals surface area contributed by atoms with Crippen LogP contribution in [0.1, 0.15) is 60.1 Å². The molecule has 0 bridgehead atoms. The molecular formula is C43H49BrN14O8S2. The van der Waals surface area contributed by atoms with Crippen molar-refractivity contribution in [2.45, 2.75) is 36.9 Å². The maximum atomic E-state index is 11.7. The van der Waals surface area contributed by atoms with Crippen LogP contribution in [0.5, 0.6) is 29.4 Å². The molecule has 68 heavy (non-hydrogen) atoms. The number of aromatic amines is 1. The highest BCUT2D eigenvalue weighted by Gasteiger charge is 2.27. The summed E-state index contributed by atoms with van der Waals surface area (Å²) < 4.78 is 33.5. The number of Topliss-reactive ketones (excluding diaryl/α,β-unsaturated/α-hetero) is 2. The molecule has 7 aromatic heterocycles. The van der Waals surface area contributed by atoms with Crippen LogP contribution in [0.2, 0.25) is 0 Å². The number of carbonyl (C=O) groups is 3. The van der Waals surface area contributed by atoms with E-state index in [9.17, 15) is 14.4 Å². The Morgan fingerprint density at radius 1 is 0.647 bits per heavy atom. The fourth-order valence-corrected chi connectivity index (χ4v) is 9.43. The van der Waals surface area contributed by atoms with E-state index in [1.165, 1.54) is 15.8 Å². The number of aromatic nitrogens is 12. The number of aryl methyl sites for hydroxylation is 4. The minimum atomic E-state index is -0.141. The van der Waals surface area contributed by atoms with Gasteiger partial charge in [0.1, 0.15) is 17.7 Å². The van der Waals surface area contributed by atoms with Gasteiger partial charge in [-0.3, -0.25) is 33.1 Å². The molecule has 0 saturated heterocycles. The second kappa shape index (κ2) is 21.4. The zero-order chi connectivity index (χ0) is 47.9. The zero-order valence-electron chi connectivity index (χ0n) is 38.1. The van der Waals surface area contributed by atoms with Crippen LogP contribution in [0.3, 0.4) is 0 Å². The number of nitrogens with one attached hydrogen (secondary N) is 3. The number of thiazole rings is 2. The third-order valence-electron chi connectivity index (χ3n) is 10.4. The monoisotopic (exact) mass is 1030 g/mol. The van der Waals surface area contributed by atoms with E-state index < -0.39 is 0 Å². The predicted molar refractivity (Wildman–Crippen MR) is 256 cm³/mol. The summed E-state index contributed by atoms with van der Waals surface area (Å²) in [6.45, 7) is 2.88. The van der Waals surface area contributed by atoms with Crippen LogP contribution in [-0.4, -0.2) is 129 Å². The summed E-state index contributed by atoms with van der Waals surface area (Å²) in [5, 5.41) is 31.2. The van der Waals surface area contributed by atoms with Crippen LogP contribution >= 0.6 is 38.6 Å². The van der Waals surface area contributed by atoms with Crippen LogP contribution in [0, 0.1) is 0 Å². The SMILES string of the molecule is CNc1nc2c(s1)CCOc1[nH]ncc1-2.CNc1nc2c(s1)CCOc1nn(C)cc1-2.Cn1cc2c(n1)OCC=CC2=O.Cn1cc2c(n1)OCCC(Br)C2=O.Cn1cc2c(n1)OCCCC2=O. The number of alkyl halides is 1. The van der Waals surface area contributed by atoms with Crippen LogP contribution in [-0.2, 0) is 41.0 Å². The van der Waals surface area contributed by atoms with Crippen molar-refractivity contribution in [3.8, 4) is 51.9 Å². The summed E-state index contributed by atoms with van der Waals surface area (Å²) in [7, 11) is 11.0. The number of carbonyl (C=O) groups excluding carboxylic acids is 3. The number of hydrogen-bond donors (Lipinski definition) is 3. The number of nitrogens with zero attached hydrogens (tertiary/aromatic N) is 11. The summed E-state index contributed by atoms with van der Waals surface area (Å²) >= 11 is 6.67. The van der Waals surface area contributed by atoms with Crippen molar-refractivity contribution in [3.63, 3.8) is 0 Å². The Morgan fingerprint density at radius 2 is 1.18 bits per heavy atom. The fraction of sp³-hybridized carbons (Fsp3) is 0.395. The van der Waals surface area contributed by atoms with E-state index in [1.54, 1.807) is 93.4 Å². The van der Waals surface area contributed by atoms with Gasteiger partial charge in [0.15, 0.2) is 27.6 Å². The molecule has 12 heterocycles. The minimum absolute atomic E-state index is 0.0457. The third kappa shape index (κ3) is 10.9. The van der Waals surface area contributed by atoms with E-state index in [1.807, 2.05) is 27.3 Å². The Morgan fingerprint density at radius 3 is 1.84 bits per heavy atom. The average molecular weight is 1030 g/mol. The molecule has 0 saturated carbocycles. The van der Waals surface area contributed by atoms with Crippen molar-refractivity contribution in [1.29, 1.82) is 0 Å². The average Bonchev–Trinajstić information content (AvgIpc) is 4.20. The van der Waals surface area contributed by atoms with Crippen LogP contribution in [0.25, 0.3) is 22.5 Å². The van der Waals surface area contributed by atoms with Crippen molar-refractivity contribution in [1.82, 2.24) is 59.3 Å². The van der Waals surface area contributed by atoms with E-state index in [4.69, 9.17) is 23.7 Å². The van der Waals surface area contributed by atoms with Crippen molar-refractivity contribution in [3.05, 3.63) is 69.6 Å². The van der Waals surface area contributed by atoms with Gasteiger partial charge in [-0.1, -0.05) is 15.9 Å². The number of H-pyrrole nitrogens is 1. The summed E-state index contributed by atoms with van der Waals surface area (Å²) in [5.74, 6) is 2.92. The van der Waals surface area contributed by atoms with Gasteiger partial charge in [0, 0.05) is 103 Å². The second-order valence-electron chi connectivity index (χ2n) is 15.4. The highest BCUT2D eigenvalue weighted by Crippen LogP contribution is 2.39. The van der Waals surface area contributed by atoms with Gasteiger partial charge in [0.25, 0.3) is 0 Å². The quantitative estimate of drug-likeness (QED) is 0.181. The van der Waals surface area contributed by atoms with Crippen LogP contribution in [0.15, 0.2) is 43.1 Å².